The lowest BCUT2D eigenvalue weighted by molar-refractivity contribution is -0.159. The monoisotopic (exact) mass is 318 g/mol. The molecule has 3 fully saturated rings. The van der Waals surface area contributed by atoms with E-state index < -0.39 is 6.10 Å². The molecule has 1 saturated carbocycles. The summed E-state index contributed by atoms with van der Waals surface area (Å²) in [6.45, 7) is 4.15. The number of amides is 1. The third kappa shape index (κ3) is 4.26. The zero-order chi connectivity index (χ0) is 16.1. The number of likely N-dealkylation sites (tertiary alicyclic amines) is 2. The maximum absolute atomic E-state index is 12.3. The minimum absolute atomic E-state index is 0.0112. The van der Waals surface area contributed by atoms with Gasteiger partial charge in [-0.1, -0.05) is 24.7 Å². The van der Waals surface area contributed by atoms with Crippen molar-refractivity contribution in [1.29, 1.82) is 0 Å². The van der Waals surface area contributed by atoms with Gasteiger partial charge < -0.3 is 9.64 Å². The second-order valence-corrected chi connectivity index (χ2v) is 6.79. The van der Waals surface area contributed by atoms with Gasteiger partial charge in [0.2, 0.25) is 0 Å². The predicted octanol–water partition coefficient (Wildman–Crippen LogP) is 1.42. The molecule has 0 bridgehead atoms. The number of ether oxygens (including phenoxy) is 1. The van der Waals surface area contributed by atoms with Crippen molar-refractivity contribution in [2.75, 3.05) is 32.7 Å². The predicted molar refractivity (Wildman–Crippen MR) is 86.5 cm³/mol. The minimum Gasteiger partial charge on any atom is -0.452 e. The van der Waals surface area contributed by atoms with Crippen molar-refractivity contribution in [3.8, 4) is 11.8 Å². The van der Waals surface area contributed by atoms with E-state index >= 15 is 0 Å². The van der Waals surface area contributed by atoms with Crippen LogP contribution in [0.25, 0.3) is 0 Å². The minimum atomic E-state index is -0.580. The number of hydrogen-bond acceptors (Lipinski definition) is 4. The number of hydrogen-bond donors (Lipinski definition) is 0. The smallest absolute Gasteiger partial charge is 0.309 e. The Kier molecular flexibility index (Phi) is 5.56. The average molecular weight is 318 g/mol. The van der Waals surface area contributed by atoms with Gasteiger partial charge in [-0.15, -0.1) is 0 Å². The van der Waals surface area contributed by atoms with E-state index in [1.54, 1.807) is 4.90 Å². The van der Waals surface area contributed by atoms with E-state index in [9.17, 15) is 9.59 Å². The first-order valence-corrected chi connectivity index (χ1v) is 8.91. The van der Waals surface area contributed by atoms with Crippen molar-refractivity contribution >= 4 is 11.9 Å². The summed E-state index contributed by atoms with van der Waals surface area (Å²) in [6.07, 6.45) is 6.56. The Labute approximate surface area is 138 Å². The molecule has 5 heteroatoms. The van der Waals surface area contributed by atoms with Gasteiger partial charge in [-0.3, -0.25) is 14.5 Å². The molecule has 3 rings (SSSR count). The molecule has 3 aliphatic rings. The molecule has 1 atom stereocenters. The lowest BCUT2D eigenvalue weighted by Gasteiger charge is -2.15. The lowest BCUT2D eigenvalue weighted by atomic mass is 10.1. The number of nitrogens with zero attached hydrogens (tertiary/aromatic N) is 2. The average Bonchev–Trinajstić information content (AvgIpc) is 3.28. The molecular weight excluding hydrogens is 292 g/mol. The van der Waals surface area contributed by atoms with Crippen LogP contribution < -0.4 is 0 Å². The van der Waals surface area contributed by atoms with Crippen molar-refractivity contribution in [2.45, 2.75) is 51.0 Å². The van der Waals surface area contributed by atoms with Crippen LogP contribution in [0.15, 0.2) is 0 Å². The van der Waals surface area contributed by atoms with Crippen molar-refractivity contribution in [2.24, 2.45) is 5.92 Å². The number of esters is 1. The van der Waals surface area contributed by atoms with Crippen LogP contribution in [0.1, 0.15) is 44.9 Å². The van der Waals surface area contributed by atoms with Gasteiger partial charge in [0.05, 0.1) is 19.0 Å². The van der Waals surface area contributed by atoms with E-state index in [0.717, 1.165) is 45.3 Å². The molecule has 2 saturated heterocycles. The van der Waals surface area contributed by atoms with Gasteiger partial charge in [0.25, 0.3) is 5.91 Å². The van der Waals surface area contributed by atoms with Crippen LogP contribution in [0.4, 0.5) is 0 Å². The fourth-order valence-electron chi connectivity index (χ4n) is 3.63. The maximum Gasteiger partial charge on any atom is 0.309 e. The number of rotatable bonds is 4. The van der Waals surface area contributed by atoms with E-state index in [4.69, 9.17) is 4.74 Å². The molecule has 1 unspecified atom stereocenters. The molecule has 0 aromatic carbocycles. The summed E-state index contributed by atoms with van der Waals surface area (Å²) in [5, 5.41) is 0. The maximum atomic E-state index is 12.3. The standard InChI is InChI=1S/C18H26N2O3/c21-17-16(23-18(22)15-7-1-2-8-15)9-14-20(17)13-6-5-12-19-10-3-4-11-19/h15-16H,1-4,7-14H2. The second kappa shape index (κ2) is 7.83. The van der Waals surface area contributed by atoms with Crippen LogP contribution in [0.5, 0.6) is 0 Å². The quantitative estimate of drug-likeness (QED) is 0.581. The molecule has 126 valence electrons. The fraction of sp³-hybridized carbons (Fsp3) is 0.778. The third-order valence-corrected chi connectivity index (χ3v) is 5.09. The van der Waals surface area contributed by atoms with Crippen LogP contribution >= 0.6 is 0 Å². The molecule has 1 aliphatic carbocycles. The first-order valence-electron chi connectivity index (χ1n) is 8.91. The Balaban J connectivity index is 1.41. The van der Waals surface area contributed by atoms with Gasteiger partial charge in [-0.2, -0.15) is 0 Å². The van der Waals surface area contributed by atoms with Crippen LogP contribution in [0, 0.1) is 17.8 Å². The van der Waals surface area contributed by atoms with E-state index in [2.05, 4.69) is 16.7 Å². The zero-order valence-corrected chi connectivity index (χ0v) is 13.8. The van der Waals surface area contributed by atoms with Crippen LogP contribution in [-0.4, -0.2) is 60.5 Å². The van der Waals surface area contributed by atoms with E-state index in [0.29, 0.717) is 19.5 Å². The van der Waals surface area contributed by atoms with Crippen LogP contribution in [0.3, 0.4) is 0 Å². The second-order valence-electron chi connectivity index (χ2n) is 6.79. The highest BCUT2D eigenvalue weighted by Crippen LogP contribution is 2.27. The highest BCUT2D eigenvalue weighted by atomic mass is 16.5. The van der Waals surface area contributed by atoms with E-state index in [1.165, 1.54) is 12.8 Å². The van der Waals surface area contributed by atoms with Crippen molar-refractivity contribution in [3.05, 3.63) is 0 Å². The Morgan fingerprint density at radius 2 is 1.70 bits per heavy atom. The molecule has 0 N–H and O–H groups in total. The van der Waals surface area contributed by atoms with Gasteiger partial charge in [-0.25, -0.2) is 0 Å². The highest BCUT2D eigenvalue weighted by molar-refractivity contribution is 5.86. The van der Waals surface area contributed by atoms with Gasteiger partial charge in [-0.05, 0) is 38.8 Å². The molecule has 1 amide bonds. The summed E-state index contributed by atoms with van der Waals surface area (Å²) in [7, 11) is 0. The summed E-state index contributed by atoms with van der Waals surface area (Å²) in [5.74, 6) is 5.99. The molecule has 0 aromatic heterocycles. The molecule has 5 nitrogen and oxygen atoms in total. The van der Waals surface area contributed by atoms with Crippen molar-refractivity contribution in [1.82, 2.24) is 9.80 Å². The Hall–Kier alpha value is -1.54. The number of carbonyl (C=O) groups excluding carboxylic acids is 2. The van der Waals surface area contributed by atoms with Gasteiger partial charge >= 0.3 is 5.97 Å². The fourth-order valence-corrected chi connectivity index (χ4v) is 3.63. The lowest BCUT2D eigenvalue weighted by Crippen LogP contribution is -2.33. The normalized spacial score (nSPS) is 25.7. The summed E-state index contributed by atoms with van der Waals surface area (Å²) in [5.41, 5.74) is 0. The summed E-state index contributed by atoms with van der Waals surface area (Å²) >= 11 is 0. The molecule has 0 radical (unpaired) electrons. The summed E-state index contributed by atoms with van der Waals surface area (Å²) in [4.78, 5) is 28.4. The van der Waals surface area contributed by atoms with Gasteiger partial charge in [0.15, 0.2) is 6.10 Å². The molecule has 23 heavy (non-hydrogen) atoms. The largest absolute Gasteiger partial charge is 0.452 e. The number of carbonyl (C=O) groups is 2. The van der Waals surface area contributed by atoms with Gasteiger partial charge in [0.1, 0.15) is 0 Å². The Morgan fingerprint density at radius 3 is 2.43 bits per heavy atom. The SMILES string of the molecule is O=C(OC1CCN(CC#CCN2CCCC2)C1=O)C1CCCC1. The van der Waals surface area contributed by atoms with E-state index in [1.807, 2.05) is 0 Å². The summed E-state index contributed by atoms with van der Waals surface area (Å²) in [6, 6.07) is 0. The highest BCUT2D eigenvalue weighted by Gasteiger charge is 2.36. The molecule has 2 heterocycles. The topological polar surface area (TPSA) is 49.9 Å². The first kappa shape index (κ1) is 16.3. The molecular formula is C18H26N2O3. The van der Waals surface area contributed by atoms with E-state index in [-0.39, 0.29) is 17.8 Å². The van der Waals surface area contributed by atoms with Crippen molar-refractivity contribution < 1.29 is 14.3 Å². The molecule has 0 aromatic rings. The zero-order valence-electron chi connectivity index (χ0n) is 13.8. The third-order valence-electron chi connectivity index (χ3n) is 5.09. The molecule has 2 aliphatic heterocycles. The van der Waals surface area contributed by atoms with Crippen LogP contribution in [-0.2, 0) is 14.3 Å². The Morgan fingerprint density at radius 1 is 1.00 bits per heavy atom. The Bertz CT molecular complexity index is 496. The molecule has 0 spiro atoms. The van der Waals surface area contributed by atoms with Gasteiger partial charge in [0, 0.05) is 13.0 Å². The van der Waals surface area contributed by atoms with Crippen LogP contribution in [0.2, 0.25) is 0 Å². The summed E-state index contributed by atoms with van der Waals surface area (Å²) < 4.78 is 5.44. The van der Waals surface area contributed by atoms with Crippen molar-refractivity contribution in [3.63, 3.8) is 0 Å². The first-order chi connectivity index (χ1) is 11.2.